The van der Waals surface area contributed by atoms with Crippen molar-refractivity contribution in [1.82, 2.24) is 15.2 Å². The summed E-state index contributed by atoms with van der Waals surface area (Å²) in [5.41, 5.74) is 2.97. The fourth-order valence-corrected chi connectivity index (χ4v) is 5.10. The van der Waals surface area contributed by atoms with Crippen molar-refractivity contribution in [3.8, 4) is 0 Å². The normalized spacial score (nSPS) is 16.3. The minimum Gasteiger partial charge on any atom is -0.465 e. The van der Waals surface area contributed by atoms with Crippen LogP contribution >= 0.6 is 23.1 Å². The summed E-state index contributed by atoms with van der Waals surface area (Å²) in [6, 6.07) is 7.81. The molecule has 1 N–H and O–H groups in total. The van der Waals surface area contributed by atoms with Crippen molar-refractivity contribution in [2.75, 3.05) is 25.6 Å². The van der Waals surface area contributed by atoms with E-state index < -0.39 is 0 Å². The summed E-state index contributed by atoms with van der Waals surface area (Å²) in [4.78, 5) is 17.1. The molecule has 9 heteroatoms. The molecule has 152 valence electrons. The number of methoxy groups -OCH3 is 1. The van der Waals surface area contributed by atoms with Gasteiger partial charge in [-0.1, -0.05) is 41.3 Å². The summed E-state index contributed by atoms with van der Waals surface area (Å²) in [6.45, 7) is 3.52. The van der Waals surface area contributed by atoms with Gasteiger partial charge in [-0.05, 0) is 31.4 Å². The molecule has 1 aliphatic heterocycles. The number of pyridine rings is 1. The first-order valence-corrected chi connectivity index (χ1v) is 11.2. The minimum absolute atomic E-state index is 0.252. The lowest BCUT2D eigenvalue weighted by molar-refractivity contribution is 0.0598. The van der Waals surface area contributed by atoms with E-state index in [4.69, 9.17) is 14.5 Å². The molecule has 1 saturated heterocycles. The lowest BCUT2D eigenvalue weighted by atomic mass is 10.0. The van der Waals surface area contributed by atoms with Gasteiger partial charge in [0.15, 0.2) is 4.34 Å². The van der Waals surface area contributed by atoms with Gasteiger partial charge in [0, 0.05) is 24.3 Å². The summed E-state index contributed by atoms with van der Waals surface area (Å²) in [5.74, 6) is 0.142. The van der Waals surface area contributed by atoms with Crippen molar-refractivity contribution in [3.05, 3.63) is 41.1 Å². The molecule has 29 heavy (non-hydrogen) atoms. The van der Waals surface area contributed by atoms with Gasteiger partial charge in [-0.3, -0.25) is 4.98 Å². The number of fused-ring (bicyclic) bond motifs is 1. The molecule has 4 rings (SSSR count). The Bertz CT molecular complexity index is 1020. The number of rotatable bonds is 7. The van der Waals surface area contributed by atoms with Gasteiger partial charge in [0.1, 0.15) is 0 Å². The van der Waals surface area contributed by atoms with E-state index >= 15 is 0 Å². The zero-order valence-corrected chi connectivity index (χ0v) is 17.9. The van der Waals surface area contributed by atoms with Crippen molar-refractivity contribution < 1.29 is 14.3 Å². The number of nitrogens with zero attached hydrogens (tertiary/aromatic N) is 3. The van der Waals surface area contributed by atoms with Gasteiger partial charge in [0.25, 0.3) is 0 Å². The predicted molar refractivity (Wildman–Crippen MR) is 115 cm³/mol. The second-order valence-corrected chi connectivity index (χ2v) is 8.94. The van der Waals surface area contributed by atoms with E-state index in [1.54, 1.807) is 0 Å². The number of para-hydroxylation sites is 1. The molecule has 2 aromatic heterocycles. The Hall–Kier alpha value is -2.23. The number of ether oxygens (including phenoxy) is 2. The van der Waals surface area contributed by atoms with Crippen LogP contribution in [0.3, 0.4) is 0 Å². The molecule has 0 bridgehead atoms. The second-order valence-electron chi connectivity index (χ2n) is 6.74. The highest BCUT2D eigenvalue weighted by atomic mass is 32.2. The number of thioether (sulfide) groups is 1. The third-order valence-corrected chi connectivity index (χ3v) is 6.89. The molecular formula is C20H22N4O3S2. The smallest absolute Gasteiger partial charge is 0.340 e. The lowest BCUT2D eigenvalue weighted by Crippen LogP contribution is -2.18. The Morgan fingerprint density at radius 3 is 3.03 bits per heavy atom. The van der Waals surface area contributed by atoms with Gasteiger partial charge >= 0.3 is 5.97 Å². The topological polar surface area (TPSA) is 86.2 Å². The van der Waals surface area contributed by atoms with Crippen molar-refractivity contribution in [1.29, 1.82) is 0 Å². The zero-order chi connectivity index (χ0) is 20.2. The van der Waals surface area contributed by atoms with Gasteiger partial charge in [0.05, 0.1) is 30.0 Å². The Labute approximate surface area is 177 Å². The lowest BCUT2D eigenvalue weighted by Gasteiger charge is -2.12. The van der Waals surface area contributed by atoms with Crippen LogP contribution < -0.4 is 5.32 Å². The number of esters is 1. The molecule has 7 nitrogen and oxygen atoms in total. The molecular weight excluding hydrogens is 408 g/mol. The molecule has 0 saturated carbocycles. The van der Waals surface area contributed by atoms with Gasteiger partial charge < -0.3 is 14.8 Å². The maximum atomic E-state index is 12.4. The first-order valence-electron chi connectivity index (χ1n) is 9.44. The van der Waals surface area contributed by atoms with Crippen molar-refractivity contribution >= 4 is 45.1 Å². The van der Waals surface area contributed by atoms with Crippen molar-refractivity contribution in [2.24, 2.45) is 0 Å². The minimum atomic E-state index is -0.368. The van der Waals surface area contributed by atoms with Gasteiger partial charge in [0.2, 0.25) is 5.13 Å². The van der Waals surface area contributed by atoms with Crippen molar-refractivity contribution in [3.63, 3.8) is 0 Å². The molecule has 1 fully saturated rings. The van der Waals surface area contributed by atoms with E-state index in [-0.39, 0.29) is 12.1 Å². The highest BCUT2D eigenvalue weighted by molar-refractivity contribution is 8.00. The third-order valence-electron chi connectivity index (χ3n) is 4.86. The van der Waals surface area contributed by atoms with Gasteiger partial charge in [-0.2, -0.15) is 0 Å². The molecule has 3 aromatic rings. The molecule has 1 aromatic carbocycles. The Morgan fingerprint density at radius 2 is 2.24 bits per heavy atom. The first kappa shape index (κ1) is 20.1. The monoisotopic (exact) mass is 430 g/mol. The predicted octanol–water partition coefficient (Wildman–Crippen LogP) is 4.06. The molecule has 1 aliphatic rings. The average molecular weight is 431 g/mol. The number of carbonyl (C=O) groups excluding carboxylic acids is 1. The van der Waals surface area contributed by atoms with E-state index in [0.717, 1.165) is 51.9 Å². The number of aromatic nitrogens is 3. The Kier molecular flexibility index (Phi) is 6.27. The summed E-state index contributed by atoms with van der Waals surface area (Å²) >= 11 is 3.01. The van der Waals surface area contributed by atoms with Crippen LogP contribution in [0.2, 0.25) is 0 Å². The van der Waals surface area contributed by atoms with E-state index in [9.17, 15) is 4.79 Å². The first-order chi connectivity index (χ1) is 14.2. The largest absolute Gasteiger partial charge is 0.465 e. The SMILES string of the molecule is COC(=O)c1c(CSc2nnc(NCC3CCCO3)s2)nc2ccccc2c1C. The Balaban J connectivity index is 1.49. The van der Waals surface area contributed by atoms with E-state index in [0.29, 0.717) is 17.0 Å². The van der Waals surface area contributed by atoms with Crippen LogP contribution in [-0.2, 0) is 15.2 Å². The average Bonchev–Trinajstić information content (AvgIpc) is 3.42. The number of benzene rings is 1. The molecule has 0 aliphatic carbocycles. The number of anilines is 1. The van der Waals surface area contributed by atoms with Crippen LogP contribution in [0.5, 0.6) is 0 Å². The quantitative estimate of drug-likeness (QED) is 0.444. The van der Waals surface area contributed by atoms with E-state index in [2.05, 4.69) is 15.5 Å². The van der Waals surface area contributed by atoms with Crippen LogP contribution in [0, 0.1) is 6.92 Å². The number of hydrogen-bond acceptors (Lipinski definition) is 9. The second kappa shape index (κ2) is 9.06. The molecule has 3 heterocycles. The summed E-state index contributed by atoms with van der Waals surface area (Å²) < 4.78 is 11.4. The van der Waals surface area contributed by atoms with Crippen LogP contribution in [0.1, 0.15) is 34.5 Å². The highest BCUT2D eigenvalue weighted by Crippen LogP contribution is 2.31. The molecule has 0 spiro atoms. The third kappa shape index (κ3) is 4.52. The molecule has 1 atom stereocenters. The maximum Gasteiger partial charge on any atom is 0.340 e. The van der Waals surface area contributed by atoms with Crippen LogP contribution in [0.4, 0.5) is 5.13 Å². The number of aryl methyl sites for hydroxylation is 1. The summed E-state index contributed by atoms with van der Waals surface area (Å²) in [6.07, 6.45) is 2.45. The standard InChI is InChI=1S/C20H22N4O3S2/c1-12-14-7-3-4-8-15(14)22-16(17(12)18(25)26-2)11-28-20-24-23-19(29-20)21-10-13-6-5-9-27-13/h3-4,7-8,13H,5-6,9-11H2,1-2H3,(H,21,23). The summed E-state index contributed by atoms with van der Waals surface area (Å²) in [7, 11) is 1.39. The summed E-state index contributed by atoms with van der Waals surface area (Å²) in [5, 5.41) is 13.5. The van der Waals surface area contributed by atoms with Crippen LogP contribution in [-0.4, -0.2) is 47.5 Å². The van der Waals surface area contributed by atoms with Gasteiger partial charge in [-0.25, -0.2) is 4.79 Å². The van der Waals surface area contributed by atoms with Crippen LogP contribution in [0.25, 0.3) is 10.9 Å². The number of carbonyl (C=O) groups is 1. The van der Waals surface area contributed by atoms with Gasteiger partial charge in [-0.15, -0.1) is 10.2 Å². The molecule has 0 radical (unpaired) electrons. The number of hydrogen-bond donors (Lipinski definition) is 1. The molecule has 0 amide bonds. The maximum absolute atomic E-state index is 12.4. The zero-order valence-electron chi connectivity index (χ0n) is 16.3. The Morgan fingerprint density at radius 1 is 1.38 bits per heavy atom. The van der Waals surface area contributed by atoms with Crippen molar-refractivity contribution in [2.45, 2.75) is 36.0 Å². The van der Waals surface area contributed by atoms with E-state index in [1.165, 1.54) is 30.2 Å². The van der Waals surface area contributed by atoms with Crippen LogP contribution in [0.15, 0.2) is 28.6 Å². The highest BCUT2D eigenvalue weighted by Gasteiger charge is 2.20. The fourth-order valence-electron chi connectivity index (χ4n) is 3.39. The molecule has 1 unspecified atom stereocenters. The number of nitrogens with one attached hydrogen (secondary N) is 1. The fraction of sp³-hybridized carbons (Fsp3) is 0.400. The van der Waals surface area contributed by atoms with E-state index in [1.807, 2.05) is 31.2 Å².